The van der Waals surface area contributed by atoms with E-state index in [0.29, 0.717) is 19.7 Å². The number of benzene rings is 2. The molecule has 1 aliphatic heterocycles. The number of para-hydroxylation sites is 3. The van der Waals surface area contributed by atoms with Gasteiger partial charge in [0.1, 0.15) is 11.5 Å². The maximum Gasteiger partial charge on any atom is 0.246 e. The zero-order valence-corrected chi connectivity index (χ0v) is 15.9. The van der Waals surface area contributed by atoms with E-state index in [9.17, 15) is 4.79 Å². The lowest BCUT2D eigenvalue weighted by Crippen LogP contribution is -2.48. The van der Waals surface area contributed by atoms with E-state index >= 15 is 0 Å². The second-order valence-electron chi connectivity index (χ2n) is 6.29. The topological polar surface area (TPSA) is 42.0 Å². The standard InChI is InChI=1S/C22H26N2O3/c1-3-27-20-10-6-4-8-18(20)12-13-22(25)24-16-14-23(15-17-24)19-9-5-7-11-21(19)26-2/h4-13H,3,14-17H2,1-2H3. The fraction of sp³-hybridized carbons (Fsp3) is 0.318. The lowest BCUT2D eigenvalue weighted by molar-refractivity contribution is -0.126. The van der Waals surface area contributed by atoms with Gasteiger partial charge in [-0.05, 0) is 31.2 Å². The molecule has 5 nitrogen and oxygen atoms in total. The highest BCUT2D eigenvalue weighted by Crippen LogP contribution is 2.28. The third kappa shape index (κ3) is 4.61. The highest BCUT2D eigenvalue weighted by molar-refractivity contribution is 5.92. The number of methoxy groups -OCH3 is 1. The van der Waals surface area contributed by atoms with Crippen molar-refractivity contribution in [3.8, 4) is 11.5 Å². The molecule has 1 aliphatic rings. The molecule has 0 radical (unpaired) electrons. The molecule has 1 saturated heterocycles. The molecule has 0 saturated carbocycles. The maximum atomic E-state index is 12.6. The normalized spacial score (nSPS) is 14.4. The van der Waals surface area contributed by atoms with E-state index in [1.807, 2.05) is 60.4 Å². The average Bonchev–Trinajstić information content (AvgIpc) is 2.73. The minimum atomic E-state index is 0.0287. The molecule has 2 aromatic rings. The number of carbonyl (C=O) groups is 1. The first kappa shape index (κ1) is 18.8. The largest absolute Gasteiger partial charge is 0.495 e. The van der Waals surface area contributed by atoms with Gasteiger partial charge in [-0.2, -0.15) is 0 Å². The Hall–Kier alpha value is -2.95. The van der Waals surface area contributed by atoms with Crippen molar-refractivity contribution in [1.82, 2.24) is 4.90 Å². The molecule has 0 N–H and O–H groups in total. The predicted molar refractivity (Wildman–Crippen MR) is 108 cm³/mol. The molecule has 27 heavy (non-hydrogen) atoms. The zero-order valence-electron chi connectivity index (χ0n) is 15.9. The van der Waals surface area contributed by atoms with Gasteiger partial charge in [-0.25, -0.2) is 0 Å². The van der Waals surface area contributed by atoms with Crippen molar-refractivity contribution in [3.63, 3.8) is 0 Å². The Bertz CT molecular complexity index is 796. The van der Waals surface area contributed by atoms with Crippen LogP contribution in [0.4, 0.5) is 5.69 Å². The van der Waals surface area contributed by atoms with Gasteiger partial charge in [0.2, 0.25) is 5.91 Å². The number of hydrogen-bond donors (Lipinski definition) is 0. The number of nitrogens with zero attached hydrogens (tertiary/aromatic N) is 2. The van der Waals surface area contributed by atoms with Crippen molar-refractivity contribution in [1.29, 1.82) is 0 Å². The van der Waals surface area contributed by atoms with Gasteiger partial charge in [0.15, 0.2) is 0 Å². The molecule has 1 heterocycles. The van der Waals surface area contributed by atoms with Gasteiger partial charge in [0, 0.05) is 37.8 Å². The lowest BCUT2D eigenvalue weighted by Gasteiger charge is -2.36. The van der Waals surface area contributed by atoms with Crippen molar-refractivity contribution in [2.45, 2.75) is 6.92 Å². The molecule has 1 amide bonds. The van der Waals surface area contributed by atoms with Crippen LogP contribution < -0.4 is 14.4 Å². The maximum absolute atomic E-state index is 12.6. The Morgan fingerprint density at radius 2 is 1.67 bits per heavy atom. The molecule has 0 aliphatic carbocycles. The molecular weight excluding hydrogens is 340 g/mol. The zero-order chi connectivity index (χ0) is 19.1. The molecule has 5 heteroatoms. The first-order chi connectivity index (χ1) is 13.2. The summed E-state index contributed by atoms with van der Waals surface area (Å²) in [5, 5.41) is 0. The van der Waals surface area contributed by atoms with Crippen LogP contribution in [0.2, 0.25) is 0 Å². The summed E-state index contributed by atoms with van der Waals surface area (Å²) < 4.78 is 11.1. The van der Waals surface area contributed by atoms with Crippen LogP contribution in [0.25, 0.3) is 6.08 Å². The lowest BCUT2D eigenvalue weighted by atomic mass is 10.1. The van der Waals surface area contributed by atoms with E-state index in [1.54, 1.807) is 13.2 Å². The second-order valence-corrected chi connectivity index (χ2v) is 6.29. The number of anilines is 1. The van der Waals surface area contributed by atoms with Crippen molar-refractivity contribution in [3.05, 3.63) is 60.2 Å². The summed E-state index contributed by atoms with van der Waals surface area (Å²) in [5.74, 6) is 1.69. The summed E-state index contributed by atoms with van der Waals surface area (Å²) in [4.78, 5) is 16.7. The van der Waals surface area contributed by atoms with E-state index in [4.69, 9.17) is 9.47 Å². The van der Waals surface area contributed by atoms with Crippen LogP contribution in [0.15, 0.2) is 54.6 Å². The van der Waals surface area contributed by atoms with Gasteiger partial charge in [-0.1, -0.05) is 30.3 Å². The van der Waals surface area contributed by atoms with E-state index in [2.05, 4.69) is 11.0 Å². The van der Waals surface area contributed by atoms with E-state index in [1.165, 1.54) is 0 Å². The first-order valence-electron chi connectivity index (χ1n) is 9.29. The molecule has 142 valence electrons. The SMILES string of the molecule is CCOc1ccccc1C=CC(=O)N1CCN(c2ccccc2OC)CC1. The fourth-order valence-electron chi connectivity index (χ4n) is 3.23. The molecule has 1 fully saturated rings. The van der Waals surface area contributed by atoms with Crippen LogP contribution in [0.3, 0.4) is 0 Å². The number of amides is 1. The summed E-state index contributed by atoms with van der Waals surface area (Å²) >= 11 is 0. The third-order valence-corrected chi connectivity index (χ3v) is 4.64. The van der Waals surface area contributed by atoms with Gasteiger partial charge in [0.05, 0.1) is 19.4 Å². The quantitative estimate of drug-likeness (QED) is 0.735. The molecular formula is C22H26N2O3. The number of hydrogen-bond acceptors (Lipinski definition) is 4. The summed E-state index contributed by atoms with van der Waals surface area (Å²) in [6.07, 6.45) is 3.47. The Kier molecular flexibility index (Phi) is 6.36. The Morgan fingerprint density at radius 1 is 1.00 bits per heavy atom. The molecule has 3 rings (SSSR count). The Morgan fingerprint density at radius 3 is 2.37 bits per heavy atom. The van der Waals surface area contributed by atoms with Crippen LogP contribution in [-0.2, 0) is 4.79 Å². The van der Waals surface area contributed by atoms with Gasteiger partial charge in [-0.3, -0.25) is 4.79 Å². The molecule has 0 unspecified atom stereocenters. The minimum Gasteiger partial charge on any atom is -0.495 e. The molecule has 0 spiro atoms. The highest BCUT2D eigenvalue weighted by Gasteiger charge is 2.21. The Labute approximate surface area is 160 Å². The molecule has 0 bridgehead atoms. The van der Waals surface area contributed by atoms with E-state index in [-0.39, 0.29) is 5.91 Å². The second kappa shape index (κ2) is 9.12. The van der Waals surface area contributed by atoms with E-state index < -0.39 is 0 Å². The van der Waals surface area contributed by atoms with Crippen LogP contribution in [-0.4, -0.2) is 50.7 Å². The van der Waals surface area contributed by atoms with E-state index in [0.717, 1.165) is 35.8 Å². The molecule has 0 aromatic heterocycles. The number of ether oxygens (including phenoxy) is 2. The fourth-order valence-corrected chi connectivity index (χ4v) is 3.23. The van der Waals surface area contributed by atoms with Crippen molar-refractivity contribution >= 4 is 17.7 Å². The van der Waals surface area contributed by atoms with Crippen LogP contribution in [0, 0.1) is 0 Å². The Balaban J connectivity index is 1.60. The molecule has 2 aromatic carbocycles. The van der Waals surface area contributed by atoms with Crippen LogP contribution in [0.1, 0.15) is 12.5 Å². The van der Waals surface area contributed by atoms with Crippen molar-refractivity contribution in [2.24, 2.45) is 0 Å². The summed E-state index contributed by atoms with van der Waals surface area (Å²) in [6.45, 7) is 5.50. The molecule has 0 atom stereocenters. The first-order valence-corrected chi connectivity index (χ1v) is 9.29. The summed E-state index contributed by atoms with van der Waals surface area (Å²) in [7, 11) is 1.68. The smallest absolute Gasteiger partial charge is 0.246 e. The van der Waals surface area contributed by atoms with Gasteiger partial charge in [-0.15, -0.1) is 0 Å². The van der Waals surface area contributed by atoms with Gasteiger partial charge < -0.3 is 19.3 Å². The predicted octanol–water partition coefficient (Wildman–Crippen LogP) is 3.46. The van der Waals surface area contributed by atoms with Crippen molar-refractivity contribution < 1.29 is 14.3 Å². The van der Waals surface area contributed by atoms with Crippen LogP contribution >= 0.6 is 0 Å². The summed E-state index contributed by atoms with van der Waals surface area (Å²) in [6, 6.07) is 15.7. The third-order valence-electron chi connectivity index (χ3n) is 4.64. The van der Waals surface area contributed by atoms with Crippen LogP contribution in [0.5, 0.6) is 11.5 Å². The highest BCUT2D eigenvalue weighted by atomic mass is 16.5. The average molecular weight is 366 g/mol. The van der Waals surface area contributed by atoms with Crippen molar-refractivity contribution in [2.75, 3.05) is 44.8 Å². The summed E-state index contributed by atoms with van der Waals surface area (Å²) in [5.41, 5.74) is 1.99. The number of piperazine rings is 1. The minimum absolute atomic E-state index is 0.0287. The monoisotopic (exact) mass is 366 g/mol. The number of carbonyl (C=O) groups excluding carboxylic acids is 1. The van der Waals surface area contributed by atoms with Gasteiger partial charge >= 0.3 is 0 Å². The van der Waals surface area contributed by atoms with Gasteiger partial charge in [0.25, 0.3) is 0 Å². The number of rotatable bonds is 6.